The largest absolute Gasteiger partial charge is 0.455 e. The SMILES string of the molecule is Cc1cccc(C)c1NC(=O)COC(=O)Cc1ccsc1. The number of rotatable bonds is 5. The monoisotopic (exact) mass is 303 g/mol. The van der Waals surface area contributed by atoms with Crippen molar-refractivity contribution in [3.05, 3.63) is 51.7 Å². The topological polar surface area (TPSA) is 55.4 Å². The summed E-state index contributed by atoms with van der Waals surface area (Å²) in [6, 6.07) is 7.64. The van der Waals surface area contributed by atoms with E-state index in [1.54, 1.807) is 0 Å². The first kappa shape index (κ1) is 15.3. The molecule has 0 atom stereocenters. The number of amides is 1. The zero-order chi connectivity index (χ0) is 15.2. The Labute approximate surface area is 127 Å². The maximum absolute atomic E-state index is 11.8. The Kier molecular flexibility index (Phi) is 5.11. The average molecular weight is 303 g/mol. The molecular formula is C16H17NO3S. The molecule has 1 aromatic heterocycles. The first-order chi connectivity index (χ1) is 10.1. The Bertz CT molecular complexity index is 615. The van der Waals surface area contributed by atoms with Crippen LogP contribution in [0.15, 0.2) is 35.0 Å². The summed E-state index contributed by atoms with van der Waals surface area (Å²) in [5, 5.41) is 6.56. The van der Waals surface area contributed by atoms with Gasteiger partial charge in [-0.05, 0) is 47.4 Å². The smallest absolute Gasteiger partial charge is 0.310 e. The van der Waals surface area contributed by atoms with Crippen LogP contribution >= 0.6 is 11.3 Å². The summed E-state index contributed by atoms with van der Waals surface area (Å²) in [7, 11) is 0. The Morgan fingerprint density at radius 2 is 1.90 bits per heavy atom. The Balaban J connectivity index is 1.83. The molecule has 1 N–H and O–H groups in total. The lowest BCUT2D eigenvalue weighted by atomic mass is 10.1. The first-order valence-electron chi connectivity index (χ1n) is 6.59. The number of anilines is 1. The molecule has 0 fully saturated rings. The number of carbonyl (C=O) groups excluding carboxylic acids is 2. The van der Waals surface area contributed by atoms with Gasteiger partial charge in [0.25, 0.3) is 5.91 Å². The molecule has 0 unspecified atom stereocenters. The van der Waals surface area contributed by atoms with Crippen molar-refractivity contribution in [1.29, 1.82) is 0 Å². The van der Waals surface area contributed by atoms with Crippen molar-refractivity contribution in [3.63, 3.8) is 0 Å². The molecule has 4 nitrogen and oxygen atoms in total. The Morgan fingerprint density at radius 1 is 1.19 bits per heavy atom. The van der Waals surface area contributed by atoms with Crippen LogP contribution in [0.25, 0.3) is 0 Å². The van der Waals surface area contributed by atoms with Crippen molar-refractivity contribution < 1.29 is 14.3 Å². The van der Waals surface area contributed by atoms with Crippen molar-refractivity contribution in [2.75, 3.05) is 11.9 Å². The van der Waals surface area contributed by atoms with Crippen LogP contribution < -0.4 is 5.32 Å². The zero-order valence-electron chi connectivity index (χ0n) is 12.0. The third-order valence-corrected chi connectivity index (χ3v) is 3.77. The molecule has 2 rings (SSSR count). The van der Waals surface area contributed by atoms with E-state index in [-0.39, 0.29) is 18.9 Å². The molecule has 0 bridgehead atoms. The quantitative estimate of drug-likeness (QED) is 0.864. The Morgan fingerprint density at radius 3 is 2.52 bits per heavy atom. The van der Waals surface area contributed by atoms with E-state index in [0.29, 0.717) is 0 Å². The normalized spacial score (nSPS) is 10.2. The van der Waals surface area contributed by atoms with Crippen molar-refractivity contribution in [2.45, 2.75) is 20.3 Å². The van der Waals surface area contributed by atoms with Gasteiger partial charge in [-0.2, -0.15) is 11.3 Å². The van der Waals surface area contributed by atoms with Crippen LogP contribution in [0.4, 0.5) is 5.69 Å². The van der Waals surface area contributed by atoms with Gasteiger partial charge in [-0.1, -0.05) is 18.2 Å². The highest BCUT2D eigenvalue weighted by Crippen LogP contribution is 2.19. The molecular weight excluding hydrogens is 286 g/mol. The number of thiophene rings is 1. The van der Waals surface area contributed by atoms with Gasteiger partial charge in [-0.15, -0.1) is 0 Å². The van der Waals surface area contributed by atoms with E-state index in [9.17, 15) is 9.59 Å². The van der Waals surface area contributed by atoms with Crippen LogP contribution in [-0.4, -0.2) is 18.5 Å². The van der Waals surface area contributed by atoms with Crippen LogP contribution in [-0.2, 0) is 20.7 Å². The Hall–Kier alpha value is -2.14. The molecule has 0 radical (unpaired) electrons. The number of hydrogen-bond donors (Lipinski definition) is 1. The lowest BCUT2D eigenvalue weighted by Crippen LogP contribution is -2.22. The minimum Gasteiger partial charge on any atom is -0.455 e. The van der Waals surface area contributed by atoms with Gasteiger partial charge in [0.15, 0.2) is 6.61 Å². The van der Waals surface area contributed by atoms with Crippen LogP contribution in [0.1, 0.15) is 16.7 Å². The maximum atomic E-state index is 11.8. The summed E-state index contributed by atoms with van der Waals surface area (Å²) in [6.45, 7) is 3.58. The molecule has 0 aliphatic carbocycles. The summed E-state index contributed by atoms with van der Waals surface area (Å²) in [6.07, 6.45) is 0.195. The predicted molar refractivity (Wildman–Crippen MR) is 83.5 cm³/mol. The lowest BCUT2D eigenvalue weighted by Gasteiger charge is -2.11. The van der Waals surface area contributed by atoms with E-state index in [4.69, 9.17) is 4.74 Å². The summed E-state index contributed by atoms with van der Waals surface area (Å²) >= 11 is 1.52. The van der Waals surface area contributed by atoms with E-state index in [0.717, 1.165) is 22.4 Å². The van der Waals surface area contributed by atoms with E-state index < -0.39 is 5.97 Å². The van der Waals surface area contributed by atoms with Gasteiger partial charge in [0, 0.05) is 5.69 Å². The highest BCUT2D eigenvalue weighted by molar-refractivity contribution is 7.07. The molecule has 0 saturated carbocycles. The molecule has 0 aliphatic heterocycles. The number of esters is 1. The second-order valence-corrected chi connectivity index (χ2v) is 5.56. The molecule has 21 heavy (non-hydrogen) atoms. The van der Waals surface area contributed by atoms with Crippen LogP contribution in [0.2, 0.25) is 0 Å². The van der Waals surface area contributed by atoms with Crippen LogP contribution in [0.5, 0.6) is 0 Å². The summed E-state index contributed by atoms with van der Waals surface area (Å²) in [5.74, 6) is -0.726. The van der Waals surface area contributed by atoms with Gasteiger partial charge < -0.3 is 10.1 Å². The van der Waals surface area contributed by atoms with Gasteiger partial charge in [0.05, 0.1) is 6.42 Å². The van der Waals surface area contributed by atoms with E-state index in [1.165, 1.54) is 11.3 Å². The molecule has 0 spiro atoms. The zero-order valence-corrected chi connectivity index (χ0v) is 12.8. The summed E-state index contributed by atoms with van der Waals surface area (Å²) in [5.41, 5.74) is 3.64. The van der Waals surface area contributed by atoms with Crippen molar-refractivity contribution in [1.82, 2.24) is 0 Å². The molecule has 0 saturated heterocycles. The van der Waals surface area contributed by atoms with Crippen molar-refractivity contribution in [3.8, 4) is 0 Å². The molecule has 5 heteroatoms. The molecule has 2 aromatic rings. The van der Waals surface area contributed by atoms with Gasteiger partial charge in [-0.3, -0.25) is 9.59 Å². The number of carbonyl (C=O) groups is 2. The molecule has 0 aliphatic rings. The molecule has 110 valence electrons. The van der Waals surface area contributed by atoms with Gasteiger partial charge in [0.2, 0.25) is 0 Å². The van der Waals surface area contributed by atoms with Crippen molar-refractivity contribution in [2.24, 2.45) is 0 Å². The van der Waals surface area contributed by atoms with Gasteiger partial charge in [-0.25, -0.2) is 0 Å². The fourth-order valence-electron chi connectivity index (χ4n) is 1.94. The number of aryl methyl sites for hydroxylation is 2. The first-order valence-corrected chi connectivity index (χ1v) is 7.53. The molecule has 1 amide bonds. The van der Waals surface area contributed by atoms with Gasteiger partial charge >= 0.3 is 5.97 Å². The second kappa shape index (κ2) is 7.04. The minimum atomic E-state index is -0.398. The highest BCUT2D eigenvalue weighted by atomic mass is 32.1. The van der Waals surface area contributed by atoms with E-state index in [2.05, 4.69) is 5.32 Å². The van der Waals surface area contributed by atoms with Crippen molar-refractivity contribution >= 4 is 28.9 Å². The number of para-hydroxylation sites is 1. The van der Waals surface area contributed by atoms with E-state index in [1.807, 2.05) is 48.9 Å². The predicted octanol–water partition coefficient (Wildman–Crippen LogP) is 3.09. The average Bonchev–Trinajstić information content (AvgIpc) is 2.94. The number of benzene rings is 1. The standard InChI is InChI=1S/C16H17NO3S/c1-11-4-3-5-12(2)16(11)17-14(18)9-20-15(19)8-13-6-7-21-10-13/h3-7,10H,8-9H2,1-2H3,(H,17,18). The third-order valence-electron chi connectivity index (χ3n) is 3.04. The summed E-state index contributed by atoms with van der Waals surface area (Å²) < 4.78 is 4.98. The van der Waals surface area contributed by atoms with Crippen LogP contribution in [0.3, 0.4) is 0 Å². The van der Waals surface area contributed by atoms with Crippen LogP contribution in [0, 0.1) is 13.8 Å². The number of hydrogen-bond acceptors (Lipinski definition) is 4. The number of ether oxygens (including phenoxy) is 1. The minimum absolute atomic E-state index is 0.195. The number of nitrogens with one attached hydrogen (secondary N) is 1. The fourth-order valence-corrected chi connectivity index (χ4v) is 2.61. The summed E-state index contributed by atoms with van der Waals surface area (Å²) in [4.78, 5) is 23.4. The molecule has 1 aromatic carbocycles. The second-order valence-electron chi connectivity index (χ2n) is 4.78. The molecule has 1 heterocycles. The fraction of sp³-hybridized carbons (Fsp3) is 0.250. The lowest BCUT2D eigenvalue weighted by molar-refractivity contribution is -0.146. The highest BCUT2D eigenvalue weighted by Gasteiger charge is 2.11. The third kappa shape index (κ3) is 4.43. The van der Waals surface area contributed by atoms with Gasteiger partial charge in [0.1, 0.15) is 0 Å². The maximum Gasteiger partial charge on any atom is 0.310 e. The van der Waals surface area contributed by atoms with E-state index >= 15 is 0 Å².